The van der Waals surface area contributed by atoms with Gasteiger partial charge in [-0.1, -0.05) is 221 Å². The Bertz CT molecular complexity index is 639. The van der Waals surface area contributed by atoms with Crippen LogP contribution in [0.4, 0.5) is 0 Å². The Balaban J connectivity index is 4.01. The molecule has 0 aromatic heterocycles. The van der Waals surface area contributed by atoms with E-state index in [9.17, 15) is 4.79 Å². The summed E-state index contributed by atoms with van der Waals surface area (Å²) in [6, 6.07) is 0. The molecule has 47 heavy (non-hydrogen) atoms. The van der Waals surface area contributed by atoms with Gasteiger partial charge in [-0.2, -0.15) is 0 Å². The lowest BCUT2D eigenvalue weighted by molar-refractivity contribution is -0.107. The van der Waals surface area contributed by atoms with Crippen molar-refractivity contribution in [1.29, 1.82) is 0 Å². The van der Waals surface area contributed by atoms with Crippen LogP contribution >= 0.6 is 0 Å². The summed E-state index contributed by atoms with van der Waals surface area (Å²) >= 11 is 0. The maximum atomic E-state index is 10.4. The van der Waals surface area contributed by atoms with Gasteiger partial charge in [-0.05, 0) is 43.3 Å². The van der Waals surface area contributed by atoms with E-state index in [-0.39, 0.29) is 5.04 Å². The van der Waals surface area contributed by atoms with Gasteiger partial charge in [0.2, 0.25) is 0 Å². The van der Waals surface area contributed by atoms with Crippen molar-refractivity contribution in [2.24, 2.45) is 5.92 Å². The molecule has 0 N–H and O–H groups in total. The Hall–Kier alpha value is -0.153. The number of unbranched alkanes of at least 4 members (excludes halogenated alkanes) is 29. The molecule has 0 rings (SSSR count). The van der Waals surface area contributed by atoms with E-state index in [1.54, 1.807) is 0 Å². The normalized spacial score (nSPS) is 13.7. The van der Waals surface area contributed by atoms with E-state index in [0.717, 1.165) is 19.1 Å². The molecule has 0 aliphatic carbocycles. The smallest absolute Gasteiger partial charge is 0.192 e. The number of carbonyl (C=O) groups excluding carboxylic acids is 1. The minimum atomic E-state index is -1.75. The molecule has 0 aliphatic heterocycles. The molecule has 0 aromatic carbocycles. The lowest BCUT2D eigenvalue weighted by Gasteiger charge is -2.41. The third kappa shape index (κ3) is 30.4. The van der Waals surface area contributed by atoms with Crippen molar-refractivity contribution in [3.8, 4) is 0 Å². The Morgan fingerprint density at radius 1 is 0.489 bits per heavy atom. The molecule has 0 aliphatic rings. The van der Waals surface area contributed by atoms with E-state index in [2.05, 4.69) is 47.7 Å². The molecule has 0 saturated heterocycles. The van der Waals surface area contributed by atoms with E-state index in [1.807, 2.05) is 0 Å². The number of carbonyl (C=O) groups is 1. The van der Waals surface area contributed by atoms with Crippen molar-refractivity contribution >= 4 is 14.6 Å². The highest BCUT2D eigenvalue weighted by Crippen LogP contribution is 2.39. The molecule has 0 bridgehead atoms. The molecular formula is C44H90O2Si. The van der Waals surface area contributed by atoms with Crippen LogP contribution in [0.25, 0.3) is 0 Å². The monoisotopic (exact) mass is 679 g/mol. The summed E-state index contributed by atoms with van der Waals surface area (Å²) < 4.78 is 7.09. The summed E-state index contributed by atoms with van der Waals surface area (Å²) in [5, 5.41) is 0.288. The van der Waals surface area contributed by atoms with Crippen LogP contribution in [0.15, 0.2) is 0 Å². The average Bonchev–Trinajstić information content (AvgIpc) is 3.03. The number of aldehydes is 1. The van der Waals surface area contributed by atoms with Gasteiger partial charge in [0.15, 0.2) is 8.32 Å². The summed E-state index contributed by atoms with van der Waals surface area (Å²) in [7, 11) is -1.75. The predicted octanol–water partition coefficient (Wildman–Crippen LogP) is 16.1. The van der Waals surface area contributed by atoms with Crippen LogP contribution in [0.2, 0.25) is 18.1 Å². The molecule has 0 saturated carbocycles. The first-order chi connectivity index (χ1) is 22.7. The highest BCUT2D eigenvalue weighted by Gasteiger charge is 2.39. The first kappa shape index (κ1) is 46.8. The van der Waals surface area contributed by atoms with Gasteiger partial charge in [-0.3, -0.25) is 0 Å². The SMILES string of the molecule is CCCCCCCCCCCCCCCCCC[C@H](C)[C@H](CCCCCCCCCCCCCCCCC=O)O[Si](C)(C)C(C)(C)C. The zero-order valence-corrected chi connectivity index (χ0v) is 34.9. The fraction of sp³-hybridized carbons (Fsp3) is 0.977. The number of rotatable bonds is 37. The van der Waals surface area contributed by atoms with Gasteiger partial charge in [0.25, 0.3) is 0 Å². The average molecular weight is 679 g/mol. The van der Waals surface area contributed by atoms with Crippen molar-refractivity contribution in [3.05, 3.63) is 0 Å². The lowest BCUT2D eigenvalue weighted by atomic mass is 9.93. The van der Waals surface area contributed by atoms with E-state index in [0.29, 0.717) is 12.0 Å². The van der Waals surface area contributed by atoms with Crippen LogP contribution < -0.4 is 0 Å². The highest BCUT2D eigenvalue weighted by molar-refractivity contribution is 6.74. The first-order valence-corrected chi connectivity index (χ1v) is 24.7. The molecule has 0 unspecified atom stereocenters. The van der Waals surface area contributed by atoms with E-state index < -0.39 is 8.32 Å². The summed E-state index contributed by atoms with van der Waals surface area (Å²) in [6.07, 6.45) is 47.0. The second kappa shape index (κ2) is 33.0. The number of hydrogen-bond acceptors (Lipinski definition) is 2. The molecule has 0 radical (unpaired) electrons. The van der Waals surface area contributed by atoms with Crippen molar-refractivity contribution in [2.75, 3.05) is 0 Å². The predicted molar refractivity (Wildman–Crippen MR) is 215 cm³/mol. The first-order valence-electron chi connectivity index (χ1n) is 21.8. The van der Waals surface area contributed by atoms with Crippen molar-refractivity contribution in [3.63, 3.8) is 0 Å². The summed E-state index contributed by atoms with van der Waals surface area (Å²) in [6.45, 7) is 16.9. The minimum absolute atomic E-state index is 0.288. The van der Waals surface area contributed by atoms with Gasteiger partial charge >= 0.3 is 0 Å². The largest absolute Gasteiger partial charge is 0.414 e. The van der Waals surface area contributed by atoms with E-state index in [1.165, 1.54) is 199 Å². The minimum Gasteiger partial charge on any atom is -0.414 e. The lowest BCUT2D eigenvalue weighted by Crippen LogP contribution is -2.45. The Kier molecular flexibility index (Phi) is 32.9. The molecule has 3 heteroatoms. The van der Waals surface area contributed by atoms with E-state index in [4.69, 9.17) is 4.43 Å². The zero-order chi connectivity index (χ0) is 34.9. The molecule has 0 amide bonds. The maximum absolute atomic E-state index is 10.4. The van der Waals surface area contributed by atoms with Gasteiger partial charge in [-0.15, -0.1) is 0 Å². The maximum Gasteiger partial charge on any atom is 0.192 e. The Morgan fingerprint density at radius 3 is 1.11 bits per heavy atom. The summed E-state index contributed by atoms with van der Waals surface area (Å²) in [4.78, 5) is 10.4. The van der Waals surface area contributed by atoms with Crippen LogP contribution in [0.5, 0.6) is 0 Å². The molecule has 0 aromatic rings. The van der Waals surface area contributed by atoms with Gasteiger partial charge < -0.3 is 9.22 Å². The molecule has 0 fully saturated rings. The zero-order valence-electron chi connectivity index (χ0n) is 33.9. The van der Waals surface area contributed by atoms with Crippen LogP contribution in [0.3, 0.4) is 0 Å². The molecule has 2 nitrogen and oxygen atoms in total. The van der Waals surface area contributed by atoms with Gasteiger partial charge in [0.05, 0.1) is 0 Å². The van der Waals surface area contributed by atoms with Crippen LogP contribution in [-0.4, -0.2) is 20.7 Å². The van der Waals surface area contributed by atoms with Gasteiger partial charge in [0.1, 0.15) is 6.29 Å². The molecule has 282 valence electrons. The Labute approximate surface area is 299 Å². The molecule has 0 spiro atoms. The second-order valence-corrected chi connectivity index (χ2v) is 21.9. The van der Waals surface area contributed by atoms with Crippen LogP contribution in [-0.2, 0) is 9.22 Å². The molecule has 0 heterocycles. The fourth-order valence-corrected chi connectivity index (χ4v) is 8.37. The second-order valence-electron chi connectivity index (χ2n) is 17.2. The van der Waals surface area contributed by atoms with Crippen LogP contribution in [0.1, 0.15) is 247 Å². The third-order valence-electron chi connectivity index (χ3n) is 11.5. The van der Waals surface area contributed by atoms with Crippen LogP contribution in [0, 0.1) is 5.92 Å². The Morgan fingerprint density at radius 2 is 0.787 bits per heavy atom. The molecule has 2 atom stereocenters. The quantitative estimate of drug-likeness (QED) is 0.0371. The van der Waals surface area contributed by atoms with Crippen molar-refractivity contribution in [1.82, 2.24) is 0 Å². The third-order valence-corrected chi connectivity index (χ3v) is 16.0. The van der Waals surface area contributed by atoms with Crippen molar-refractivity contribution < 1.29 is 9.22 Å². The summed E-state index contributed by atoms with van der Waals surface area (Å²) in [5.41, 5.74) is 0. The van der Waals surface area contributed by atoms with Gasteiger partial charge in [-0.25, -0.2) is 0 Å². The van der Waals surface area contributed by atoms with Gasteiger partial charge in [0, 0.05) is 12.5 Å². The number of hydrogen-bond donors (Lipinski definition) is 0. The standard InChI is InChI=1S/C44H90O2Si/c1-8-9-10-11-12-13-14-15-16-18-21-24-27-30-33-36-39-42(2)43(46-47(6,7)44(3,4)5)40-37-34-31-28-25-22-19-17-20-23-26-29-32-35-38-41-45/h41-43H,8-40H2,1-7H3/t42-,43-/m0/s1. The summed E-state index contributed by atoms with van der Waals surface area (Å²) in [5.74, 6) is 0.687. The highest BCUT2D eigenvalue weighted by atomic mass is 28.4. The molecular weight excluding hydrogens is 589 g/mol. The topological polar surface area (TPSA) is 26.3 Å². The fourth-order valence-electron chi connectivity index (χ4n) is 6.91. The van der Waals surface area contributed by atoms with E-state index >= 15 is 0 Å². The van der Waals surface area contributed by atoms with Crippen molar-refractivity contribution in [2.45, 2.75) is 271 Å².